The molecule has 0 aliphatic carbocycles. The molecule has 2 heterocycles. The third kappa shape index (κ3) is 2.66. The van der Waals surface area contributed by atoms with Crippen molar-refractivity contribution in [2.45, 2.75) is 33.6 Å². The zero-order valence-electron chi connectivity index (χ0n) is 11.5. The number of nitrogens with two attached hydrogens (primary N) is 1. The van der Waals surface area contributed by atoms with Crippen molar-refractivity contribution in [3.8, 4) is 5.82 Å². The van der Waals surface area contributed by atoms with Gasteiger partial charge in [-0.2, -0.15) is 0 Å². The Morgan fingerprint density at radius 2 is 2.16 bits per heavy atom. The molecule has 0 saturated heterocycles. The first-order valence-corrected chi connectivity index (χ1v) is 6.76. The van der Waals surface area contributed by atoms with E-state index in [4.69, 9.17) is 18.0 Å². The summed E-state index contributed by atoms with van der Waals surface area (Å²) in [5.41, 5.74) is 8.68. The number of thiocarbonyl (C=S) groups is 1. The average Bonchev–Trinajstić information content (AvgIpc) is 2.75. The Morgan fingerprint density at radius 3 is 2.79 bits per heavy atom. The van der Waals surface area contributed by atoms with Crippen LogP contribution in [0.25, 0.3) is 5.82 Å². The van der Waals surface area contributed by atoms with E-state index in [0.29, 0.717) is 4.99 Å². The van der Waals surface area contributed by atoms with Crippen molar-refractivity contribution in [2.24, 2.45) is 5.73 Å². The highest BCUT2D eigenvalue weighted by molar-refractivity contribution is 7.80. The van der Waals surface area contributed by atoms with Crippen LogP contribution < -0.4 is 5.73 Å². The van der Waals surface area contributed by atoms with Crippen molar-refractivity contribution in [1.82, 2.24) is 14.5 Å². The van der Waals surface area contributed by atoms with Gasteiger partial charge in [0.25, 0.3) is 0 Å². The summed E-state index contributed by atoms with van der Waals surface area (Å²) in [4.78, 5) is 9.35. The predicted molar refractivity (Wildman–Crippen MR) is 80.7 cm³/mol. The van der Waals surface area contributed by atoms with Gasteiger partial charge >= 0.3 is 0 Å². The fourth-order valence-electron chi connectivity index (χ4n) is 2.23. The fourth-order valence-corrected chi connectivity index (χ4v) is 2.48. The first-order valence-electron chi connectivity index (χ1n) is 6.35. The fraction of sp³-hybridized carbons (Fsp3) is 0.357. The van der Waals surface area contributed by atoms with Crippen LogP contribution in [0.15, 0.2) is 18.5 Å². The summed E-state index contributed by atoms with van der Waals surface area (Å²) in [6.07, 6.45) is 5.63. The second kappa shape index (κ2) is 5.48. The van der Waals surface area contributed by atoms with E-state index < -0.39 is 0 Å². The molecule has 0 aromatic carbocycles. The van der Waals surface area contributed by atoms with Gasteiger partial charge in [-0.05, 0) is 31.9 Å². The molecule has 100 valence electrons. The van der Waals surface area contributed by atoms with Gasteiger partial charge in [0, 0.05) is 24.5 Å². The number of hydrogen-bond acceptors (Lipinski definition) is 3. The Labute approximate surface area is 118 Å². The molecule has 0 unspecified atom stereocenters. The molecule has 0 amide bonds. The van der Waals surface area contributed by atoms with E-state index in [9.17, 15) is 0 Å². The van der Waals surface area contributed by atoms with E-state index >= 15 is 0 Å². The van der Waals surface area contributed by atoms with Crippen LogP contribution in [0.5, 0.6) is 0 Å². The van der Waals surface area contributed by atoms with E-state index in [1.165, 1.54) is 0 Å². The van der Waals surface area contributed by atoms with Gasteiger partial charge in [-0.25, -0.2) is 9.97 Å². The van der Waals surface area contributed by atoms with E-state index in [1.54, 1.807) is 6.20 Å². The molecule has 0 aliphatic rings. The number of pyridine rings is 1. The molecule has 0 spiro atoms. The summed E-state index contributed by atoms with van der Waals surface area (Å²) in [7, 11) is 0. The maximum Gasteiger partial charge on any atom is 0.148 e. The molecular formula is C14H18N4S. The van der Waals surface area contributed by atoms with Gasteiger partial charge in [0.1, 0.15) is 16.6 Å². The first kappa shape index (κ1) is 13.7. The predicted octanol–water partition coefficient (Wildman–Crippen LogP) is 2.47. The number of hydrogen-bond donors (Lipinski definition) is 1. The second-order valence-electron chi connectivity index (χ2n) is 4.61. The van der Waals surface area contributed by atoms with Crippen molar-refractivity contribution in [3.05, 3.63) is 41.1 Å². The van der Waals surface area contributed by atoms with E-state index in [2.05, 4.69) is 16.9 Å². The molecule has 0 radical (unpaired) electrons. The molecule has 2 aromatic heterocycles. The van der Waals surface area contributed by atoms with Crippen molar-refractivity contribution in [1.29, 1.82) is 0 Å². The summed E-state index contributed by atoms with van der Waals surface area (Å²) >= 11 is 5.17. The number of imidazole rings is 1. The minimum atomic E-state index is 0.371. The lowest BCUT2D eigenvalue weighted by Crippen LogP contribution is -2.18. The number of rotatable bonds is 4. The maximum atomic E-state index is 5.85. The third-order valence-corrected chi connectivity index (χ3v) is 3.20. The molecule has 19 heavy (non-hydrogen) atoms. The lowest BCUT2D eigenvalue weighted by Gasteiger charge is -2.14. The number of nitrogens with zero attached hydrogens (tertiary/aromatic N) is 3. The Morgan fingerprint density at radius 1 is 1.42 bits per heavy atom. The van der Waals surface area contributed by atoms with E-state index in [1.807, 2.05) is 30.7 Å². The lowest BCUT2D eigenvalue weighted by molar-refractivity contribution is 0.794. The Hall–Kier alpha value is -1.75. The van der Waals surface area contributed by atoms with Gasteiger partial charge in [0.05, 0.1) is 5.56 Å². The summed E-state index contributed by atoms with van der Waals surface area (Å²) in [6, 6.07) is 1.99. The molecule has 5 heteroatoms. The Balaban J connectivity index is 2.66. The van der Waals surface area contributed by atoms with Crippen LogP contribution in [0.4, 0.5) is 0 Å². The van der Waals surface area contributed by atoms with Gasteiger partial charge in [0.2, 0.25) is 0 Å². The molecular weight excluding hydrogens is 256 g/mol. The molecule has 0 saturated carbocycles. The van der Waals surface area contributed by atoms with Gasteiger partial charge < -0.3 is 5.73 Å². The normalized spacial score (nSPS) is 10.7. The van der Waals surface area contributed by atoms with Crippen LogP contribution in [0.1, 0.15) is 36.0 Å². The highest BCUT2D eigenvalue weighted by Crippen LogP contribution is 2.19. The monoisotopic (exact) mass is 274 g/mol. The highest BCUT2D eigenvalue weighted by Gasteiger charge is 2.15. The van der Waals surface area contributed by atoms with Gasteiger partial charge in [-0.15, -0.1) is 0 Å². The number of aryl methyl sites for hydroxylation is 3. The topological polar surface area (TPSA) is 56.7 Å². The van der Waals surface area contributed by atoms with E-state index in [-0.39, 0.29) is 0 Å². The van der Waals surface area contributed by atoms with E-state index in [0.717, 1.165) is 41.3 Å². The molecule has 4 nitrogen and oxygen atoms in total. The molecule has 2 rings (SSSR count). The maximum absolute atomic E-state index is 5.85. The largest absolute Gasteiger partial charge is 0.389 e. The summed E-state index contributed by atoms with van der Waals surface area (Å²) in [5.74, 6) is 1.77. The van der Waals surface area contributed by atoms with Gasteiger partial charge in [-0.1, -0.05) is 19.1 Å². The molecule has 0 fully saturated rings. The highest BCUT2D eigenvalue weighted by atomic mass is 32.1. The van der Waals surface area contributed by atoms with Crippen LogP contribution in [-0.2, 0) is 6.42 Å². The van der Waals surface area contributed by atoms with Crippen LogP contribution in [0.2, 0.25) is 0 Å². The minimum Gasteiger partial charge on any atom is -0.389 e. The summed E-state index contributed by atoms with van der Waals surface area (Å²) in [5, 5.41) is 0. The molecule has 0 bridgehead atoms. The van der Waals surface area contributed by atoms with Crippen LogP contribution >= 0.6 is 12.2 Å². The molecule has 2 N–H and O–H groups in total. The van der Waals surface area contributed by atoms with Gasteiger partial charge in [0.15, 0.2) is 0 Å². The zero-order valence-corrected chi connectivity index (χ0v) is 12.3. The van der Waals surface area contributed by atoms with Crippen molar-refractivity contribution in [2.75, 3.05) is 0 Å². The zero-order chi connectivity index (χ0) is 14.0. The molecule has 2 aromatic rings. The van der Waals surface area contributed by atoms with Crippen molar-refractivity contribution < 1.29 is 0 Å². The van der Waals surface area contributed by atoms with Crippen LogP contribution in [0.3, 0.4) is 0 Å². The first-order chi connectivity index (χ1) is 9.04. The average molecular weight is 274 g/mol. The smallest absolute Gasteiger partial charge is 0.148 e. The second-order valence-corrected chi connectivity index (χ2v) is 5.05. The summed E-state index contributed by atoms with van der Waals surface area (Å²) in [6.45, 7) is 6.10. The van der Waals surface area contributed by atoms with Crippen LogP contribution in [0, 0.1) is 13.8 Å². The van der Waals surface area contributed by atoms with Crippen LogP contribution in [-0.4, -0.2) is 19.5 Å². The SMILES string of the molecule is CCCc1nccn1-c1nc(C)cc(C)c1C(N)=S. The van der Waals surface area contributed by atoms with Gasteiger partial charge in [-0.3, -0.25) is 4.57 Å². The lowest BCUT2D eigenvalue weighted by atomic mass is 10.1. The molecule has 0 atom stereocenters. The Bertz CT molecular complexity index is 616. The number of aromatic nitrogens is 3. The van der Waals surface area contributed by atoms with Crippen molar-refractivity contribution >= 4 is 17.2 Å². The summed E-state index contributed by atoms with van der Waals surface area (Å²) < 4.78 is 1.98. The van der Waals surface area contributed by atoms with Crippen molar-refractivity contribution in [3.63, 3.8) is 0 Å². The minimum absolute atomic E-state index is 0.371. The Kier molecular flexibility index (Phi) is 3.95. The quantitative estimate of drug-likeness (QED) is 0.870. The molecule has 0 aliphatic heterocycles. The standard InChI is InChI=1S/C14H18N4S/c1-4-5-11-16-6-7-18(11)14-12(13(15)19)9(2)8-10(3)17-14/h6-8H,4-5H2,1-3H3,(H2,15,19). The third-order valence-electron chi connectivity index (χ3n) is 2.99.